The maximum absolute atomic E-state index is 12.3. The predicted molar refractivity (Wildman–Crippen MR) is 99.4 cm³/mol. The summed E-state index contributed by atoms with van der Waals surface area (Å²) < 4.78 is 6.12. The van der Waals surface area contributed by atoms with Crippen molar-refractivity contribution >= 4 is 29.0 Å². The first-order valence-electron chi connectivity index (χ1n) is 8.05. The molecular formula is C18H23ClN2O2S. The molecule has 0 bridgehead atoms. The highest BCUT2D eigenvalue weighted by Gasteiger charge is 2.12. The summed E-state index contributed by atoms with van der Waals surface area (Å²) in [6.45, 7) is 7.01. The van der Waals surface area contributed by atoms with Crippen LogP contribution >= 0.6 is 22.9 Å². The second kappa shape index (κ2) is 9.67. The maximum Gasteiger partial charge on any atom is 0.317 e. The summed E-state index contributed by atoms with van der Waals surface area (Å²) in [5.74, 6) is 0. The molecule has 130 valence electrons. The molecule has 1 heterocycles. The molecule has 1 N–H and O–H groups in total. The number of halogens is 1. The van der Waals surface area contributed by atoms with Crippen molar-refractivity contribution in [1.82, 2.24) is 10.2 Å². The highest BCUT2D eigenvalue weighted by molar-refractivity contribution is 7.16. The first kappa shape index (κ1) is 18.8. The smallest absolute Gasteiger partial charge is 0.317 e. The largest absolute Gasteiger partial charge is 0.377 e. The standard InChI is InChI=1S/C18H23ClN2O2S/c1-3-21(12-16-9-10-17(19)24-16)18(22)20-11-14-5-7-15(8-6-14)13-23-4-2/h5-10H,3-4,11-13H2,1-2H3,(H,20,22). The van der Waals surface area contributed by atoms with Gasteiger partial charge in [0.2, 0.25) is 0 Å². The lowest BCUT2D eigenvalue weighted by atomic mass is 10.1. The molecule has 1 aromatic carbocycles. The molecule has 0 unspecified atom stereocenters. The van der Waals surface area contributed by atoms with Crippen LogP contribution in [0.5, 0.6) is 0 Å². The van der Waals surface area contributed by atoms with Crippen LogP contribution in [0.15, 0.2) is 36.4 Å². The number of nitrogens with one attached hydrogen (secondary N) is 1. The molecule has 4 nitrogen and oxygen atoms in total. The van der Waals surface area contributed by atoms with E-state index in [0.29, 0.717) is 32.8 Å². The van der Waals surface area contributed by atoms with Gasteiger partial charge >= 0.3 is 6.03 Å². The normalized spacial score (nSPS) is 10.6. The number of hydrogen-bond donors (Lipinski definition) is 1. The number of urea groups is 1. The number of amides is 2. The molecule has 0 radical (unpaired) electrons. The van der Waals surface area contributed by atoms with Crippen LogP contribution in [-0.2, 0) is 24.4 Å². The highest BCUT2D eigenvalue weighted by Crippen LogP contribution is 2.22. The summed E-state index contributed by atoms with van der Waals surface area (Å²) in [5.41, 5.74) is 2.20. The van der Waals surface area contributed by atoms with Gasteiger partial charge in [-0.1, -0.05) is 35.9 Å². The number of thiophene rings is 1. The van der Waals surface area contributed by atoms with Crippen molar-refractivity contribution in [3.05, 3.63) is 56.7 Å². The minimum atomic E-state index is -0.0691. The Morgan fingerprint density at radius 2 is 1.88 bits per heavy atom. The van der Waals surface area contributed by atoms with Crippen molar-refractivity contribution in [2.45, 2.75) is 33.5 Å². The van der Waals surface area contributed by atoms with Gasteiger partial charge in [0.1, 0.15) is 0 Å². The minimum absolute atomic E-state index is 0.0691. The third-order valence-electron chi connectivity index (χ3n) is 3.58. The molecule has 2 aromatic rings. The Morgan fingerprint density at radius 3 is 2.46 bits per heavy atom. The average Bonchev–Trinajstić information content (AvgIpc) is 3.01. The fraction of sp³-hybridized carbons (Fsp3) is 0.389. The molecule has 0 saturated heterocycles. The number of rotatable bonds is 8. The molecule has 0 aliphatic rings. The summed E-state index contributed by atoms with van der Waals surface area (Å²) >= 11 is 7.45. The van der Waals surface area contributed by atoms with Gasteiger partial charge in [0.15, 0.2) is 0 Å². The van der Waals surface area contributed by atoms with Gasteiger partial charge in [0.25, 0.3) is 0 Å². The Balaban J connectivity index is 1.84. The molecule has 0 aliphatic heterocycles. The minimum Gasteiger partial charge on any atom is -0.377 e. The molecule has 0 fully saturated rings. The third-order valence-corrected chi connectivity index (χ3v) is 4.80. The fourth-order valence-corrected chi connectivity index (χ4v) is 3.32. The number of carbonyl (C=O) groups is 1. The fourth-order valence-electron chi connectivity index (χ4n) is 2.21. The second-order valence-electron chi connectivity index (χ2n) is 5.33. The Bertz CT molecular complexity index is 643. The Labute approximate surface area is 152 Å². The monoisotopic (exact) mass is 366 g/mol. The van der Waals surface area contributed by atoms with Crippen LogP contribution in [0.3, 0.4) is 0 Å². The van der Waals surface area contributed by atoms with Gasteiger partial charge in [0, 0.05) is 24.6 Å². The molecule has 2 amide bonds. The zero-order chi connectivity index (χ0) is 17.4. The van der Waals surface area contributed by atoms with Crippen LogP contribution in [0.1, 0.15) is 29.9 Å². The first-order valence-corrected chi connectivity index (χ1v) is 9.24. The van der Waals surface area contributed by atoms with Gasteiger partial charge in [-0.05, 0) is 37.1 Å². The Morgan fingerprint density at radius 1 is 1.17 bits per heavy atom. The molecule has 1 aromatic heterocycles. The van der Waals surface area contributed by atoms with E-state index in [9.17, 15) is 4.79 Å². The molecule has 6 heteroatoms. The van der Waals surface area contributed by atoms with E-state index in [1.165, 1.54) is 11.3 Å². The zero-order valence-corrected chi connectivity index (χ0v) is 15.6. The van der Waals surface area contributed by atoms with Crippen LogP contribution in [0.25, 0.3) is 0 Å². The summed E-state index contributed by atoms with van der Waals surface area (Å²) in [7, 11) is 0. The maximum atomic E-state index is 12.3. The van der Waals surface area contributed by atoms with E-state index in [1.807, 2.05) is 50.2 Å². The van der Waals surface area contributed by atoms with Gasteiger partial charge < -0.3 is 15.0 Å². The molecule has 0 spiro atoms. The van der Waals surface area contributed by atoms with E-state index in [0.717, 1.165) is 20.3 Å². The highest BCUT2D eigenvalue weighted by atomic mass is 35.5. The Kier molecular flexibility index (Phi) is 7.56. The molecular weight excluding hydrogens is 344 g/mol. The first-order chi connectivity index (χ1) is 11.6. The lowest BCUT2D eigenvalue weighted by Gasteiger charge is -2.20. The van der Waals surface area contributed by atoms with Crippen LogP contribution in [-0.4, -0.2) is 24.1 Å². The number of hydrogen-bond acceptors (Lipinski definition) is 3. The van der Waals surface area contributed by atoms with Gasteiger partial charge in [-0.2, -0.15) is 0 Å². The summed E-state index contributed by atoms with van der Waals surface area (Å²) in [5, 5.41) is 2.97. The second-order valence-corrected chi connectivity index (χ2v) is 7.13. The van der Waals surface area contributed by atoms with E-state index in [-0.39, 0.29) is 6.03 Å². The van der Waals surface area contributed by atoms with E-state index in [1.54, 1.807) is 4.90 Å². The third kappa shape index (κ3) is 5.82. The van der Waals surface area contributed by atoms with Gasteiger partial charge in [0.05, 0.1) is 17.5 Å². The van der Waals surface area contributed by atoms with E-state index in [4.69, 9.17) is 16.3 Å². The van der Waals surface area contributed by atoms with Crippen molar-refractivity contribution in [3.63, 3.8) is 0 Å². The number of carbonyl (C=O) groups excluding carboxylic acids is 1. The van der Waals surface area contributed by atoms with Crippen LogP contribution in [0.4, 0.5) is 4.79 Å². The number of nitrogens with zero attached hydrogens (tertiary/aromatic N) is 1. The molecule has 0 atom stereocenters. The van der Waals surface area contributed by atoms with Gasteiger partial charge in [-0.15, -0.1) is 11.3 Å². The number of benzene rings is 1. The van der Waals surface area contributed by atoms with Crippen molar-refractivity contribution in [2.24, 2.45) is 0 Å². The lowest BCUT2D eigenvalue weighted by molar-refractivity contribution is 0.134. The van der Waals surface area contributed by atoms with Crippen molar-refractivity contribution < 1.29 is 9.53 Å². The van der Waals surface area contributed by atoms with E-state index >= 15 is 0 Å². The van der Waals surface area contributed by atoms with Gasteiger partial charge in [-0.3, -0.25) is 0 Å². The van der Waals surface area contributed by atoms with Gasteiger partial charge in [-0.25, -0.2) is 4.79 Å². The number of ether oxygens (including phenoxy) is 1. The summed E-state index contributed by atoms with van der Waals surface area (Å²) in [6, 6.07) is 11.8. The van der Waals surface area contributed by atoms with Crippen molar-refractivity contribution in [2.75, 3.05) is 13.2 Å². The Hall–Kier alpha value is -1.56. The lowest BCUT2D eigenvalue weighted by Crippen LogP contribution is -2.38. The molecule has 0 aliphatic carbocycles. The zero-order valence-electron chi connectivity index (χ0n) is 14.0. The average molecular weight is 367 g/mol. The van der Waals surface area contributed by atoms with Crippen LogP contribution in [0.2, 0.25) is 4.34 Å². The predicted octanol–water partition coefficient (Wildman–Crippen LogP) is 4.67. The van der Waals surface area contributed by atoms with Crippen molar-refractivity contribution in [3.8, 4) is 0 Å². The summed E-state index contributed by atoms with van der Waals surface area (Å²) in [6.07, 6.45) is 0. The van der Waals surface area contributed by atoms with Crippen LogP contribution in [0, 0.1) is 0 Å². The topological polar surface area (TPSA) is 41.6 Å². The molecule has 2 rings (SSSR count). The molecule has 0 saturated carbocycles. The van der Waals surface area contributed by atoms with Crippen LogP contribution < -0.4 is 5.32 Å². The molecule has 24 heavy (non-hydrogen) atoms. The quantitative estimate of drug-likeness (QED) is 0.737. The summed E-state index contributed by atoms with van der Waals surface area (Å²) in [4.78, 5) is 15.2. The SMILES string of the molecule is CCOCc1ccc(CNC(=O)N(CC)Cc2ccc(Cl)s2)cc1. The van der Waals surface area contributed by atoms with E-state index < -0.39 is 0 Å². The van der Waals surface area contributed by atoms with E-state index in [2.05, 4.69) is 5.32 Å². The van der Waals surface area contributed by atoms with Crippen molar-refractivity contribution in [1.29, 1.82) is 0 Å².